The van der Waals surface area contributed by atoms with Gasteiger partial charge in [-0.15, -0.1) is 0 Å². The molecule has 10 aromatic carbocycles. The first-order valence-electron chi connectivity index (χ1n) is 21.4. The second-order valence-corrected chi connectivity index (χ2v) is 16.5. The molecule has 0 spiro atoms. The molecule has 0 amide bonds. The fraction of sp³-hybridized carbons (Fsp3) is 0. The second-order valence-electron chi connectivity index (χ2n) is 16.5. The molecule has 0 unspecified atom stereocenters. The first kappa shape index (κ1) is 34.2. The molecule has 0 bridgehead atoms. The third-order valence-electron chi connectivity index (χ3n) is 13.1. The summed E-state index contributed by atoms with van der Waals surface area (Å²) in [5.74, 6) is 0.670. The normalized spacial score (nSPS) is 12.1. The molecule has 0 fully saturated rings. The maximum Gasteiger partial charge on any atom is 0.160 e. The fourth-order valence-electron chi connectivity index (χ4n) is 10.4. The van der Waals surface area contributed by atoms with E-state index in [0.29, 0.717) is 5.82 Å². The van der Waals surface area contributed by atoms with Gasteiger partial charge < -0.3 is 13.6 Å². The number of para-hydroxylation sites is 6. The Morgan fingerprint density at radius 3 is 1.79 bits per heavy atom. The molecular formula is C58H34N4O. The van der Waals surface area contributed by atoms with Crippen LogP contribution in [-0.2, 0) is 0 Å². The Morgan fingerprint density at radius 1 is 0.381 bits per heavy atom. The standard InChI is InChI=1S/C58H34N4O/c1-2-17-39-36(15-1)34-52-54(56(39)62-49-26-9-4-18-40(49)41-19-5-10-27-50(41)62)45-22-6-11-28-51(45)61(52)48-29-13-16-35-33-37(31-32-38(35)48)58-59-47-25-8-3-21-44(47)55(60-58)46-24-14-23-43-42-20-7-12-30-53(42)63-57(43)46/h1-34H. The van der Waals surface area contributed by atoms with Crippen molar-refractivity contribution in [3.8, 4) is 34.0 Å². The topological polar surface area (TPSA) is 48.8 Å². The van der Waals surface area contributed by atoms with E-state index in [1.54, 1.807) is 0 Å². The predicted octanol–water partition coefficient (Wildman–Crippen LogP) is 15.4. The number of hydrogen-bond acceptors (Lipinski definition) is 3. The van der Waals surface area contributed by atoms with Crippen LogP contribution in [0.2, 0.25) is 0 Å². The molecule has 14 rings (SSSR count). The molecule has 0 N–H and O–H groups in total. The fourth-order valence-corrected chi connectivity index (χ4v) is 10.4. The molecule has 4 aromatic heterocycles. The highest BCUT2D eigenvalue weighted by molar-refractivity contribution is 6.22. The molecular weight excluding hydrogens is 769 g/mol. The van der Waals surface area contributed by atoms with Crippen molar-refractivity contribution in [2.75, 3.05) is 0 Å². The van der Waals surface area contributed by atoms with Gasteiger partial charge in [0.15, 0.2) is 5.82 Å². The van der Waals surface area contributed by atoms with Gasteiger partial charge in [-0.2, -0.15) is 0 Å². The minimum atomic E-state index is 0.670. The SMILES string of the molecule is c1cc(-n2c3ccccc3c3c(-n4c5ccccc5c5ccccc54)c4ccccc4cc32)c2ccc(-c3nc(-c4cccc5c4oc4ccccc45)c4ccccc4n3)cc2c1. The van der Waals surface area contributed by atoms with Crippen LogP contribution in [0.3, 0.4) is 0 Å². The van der Waals surface area contributed by atoms with Gasteiger partial charge in [-0.05, 0) is 65.4 Å². The van der Waals surface area contributed by atoms with Gasteiger partial charge >= 0.3 is 0 Å². The van der Waals surface area contributed by atoms with Crippen molar-refractivity contribution in [2.24, 2.45) is 0 Å². The minimum Gasteiger partial charge on any atom is -0.455 e. The lowest BCUT2D eigenvalue weighted by Crippen LogP contribution is -1.99. The molecule has 0 aliphatic heterocycles. The summed E-state index contributed by atoms with van der Waals surface area (Å²) in [6.45, 7) is 0. The van der Waals surface area contributed by atoms with E-state index >= 15 is 0 Å². The Balaban J connectivity index is 1.00. The van der Waals surface area contributed by atoms with Crippen LogP contribution in [0.25, 0.3) is 132 Å². The third-order valence-corrected chi connectivity index (χ3v) is 13.1. The lowest BCUT2D eigenvalue weighted by Gasteiger charge is -2.16. The van der Waals surface area contributed by atoms with E-state index in [1.807, 2.05) is 18.2 Å². The van der Waals surface area contributed by atoms with Crippen LogP contribution in [0.4, 0.5) is 0 Å². The number of aromatic nitrogens is 4. The number of furan rings is 1. The van der Waals surface area contributed by atoms with Gasteiger partial charge in [-0.25, -0.2) is 9.97 Å². The summed E-state index contributed by atoms with van der Waals surface area (Å²) >= 11 is 0. The van der Waals surface area contributed by atoms with Crippen molar-refractivity contribution < 1.29 is 4.42 Å². The van der Waals surface area contributed by atoms with Crippen molar-refractivity contribution in [2.45, 2.75) is 0 Å². The first-order chi connectivity index (χ1) is 31.3. The molecule has 0 saturated carbocycles. The van der Waals surface area contributed by atoms with Crippen LogP contribution in [0.15, 0.2) is 211 Å². The largest absolute Gasteiger partial charge is 0.455 e. The average molecular weight is 803 g/mol. The molecule has 0 aliphatic rings. The molecule has 0 atom stereocenters. The molecule has 5 nitrogen and oxygen atoms in total. The highest BCUT2D eigenvalue weighted by Gasteiger charge is 2.23. The van der Waals surface area contributed by atoms with Crippen LogP contribution in [0, 0.1) is 0 Å². The van der Waals surface area contributed by atoms with Gasteiger partial charge in [-0.1, -0.05) is 152 Å². The van der Waals surface area contributed by atoms with Crippen molar-refractivity contribution in [1.29, 1.82) is 0 Å². The van der Waals surface area contributed by atoms with Crippen molar-refractivity contribution in [3.05, 3.63) is 206 Å². The molecule has 0 aliphatic carbocycles. The Morgan fingerprint density at radius 2 is 0.984 bits per heavy atom. The quantitative estimate of drug-likeness (QED) is 0.178. The summed E-state index contributed by atoms with van der Waals surface area (Å²) in [6, 6.07) is 73.7. The van der Waals surface area contributed by atoms with Crippen molar-refractivity contribution >= 4 is 98.0 Å². The Labute approximate surface area is 360 Å². The van der Waals surface area contributed by atoms with Crippen molar-refractivity contribution in [1.82, 2.24) is 19.1 Å². The lowest BCUT2D eigenvalue weighted by molar-refractivity contribution is 0.670. The summed E-state index contributed by atoms with van der Waals surface area (Å²) in [5.41, 5.74) is 12.3. The zero-order valence-corrected chi connectivity index (χ0v) is 33.8. The minimum absolute atomic E-state index is 0.670. The summed E-state index contributed by atoms with van der Waals surface area (Å²) in [4.78, 5) is 10.5. The van der Waals surface area contributed by atoms with E-state index in [9.17, 15) is 0 Å². The molecule has 63 heavy (non-hydrogen) atoms. The van der Waals surface area contributed by atoms with Gasteiger partial charge in [-0.3, -0.25) is 0 Å². The van der Waals surface area contributed by atoms with Gasteiger partial charge in [0.1, 0.15) is 11.2 Å². The van der Waals surface area contributed by atoms with E-state index in [-0.39, 0.29) is 0 Å². The molecule has 292 valence electrons. The summed E-state index contributed by atoms with van der Waals surface area (Å²) in [6.07, 6.45) is 0. The summed E-state index contributed by atoms with van der Waals surface area (Å²) in [5, 5.41) is 12.7. The zero-order valence-electron chi connectivity index (χ0n) is 33.8. The summed E-state index contributed by atoms with van der Waals surface area (Å²) in [7, 11) is 0. The van der Waals surface area contributed by atoms with E-state index in [0.717, 1.165) is 77.2 Å². The number of hydrogen-bond donors (Lipinski definition) is 0. The number of benzene rings is 10. The maximum atomic E-state index is 6.53. The predicted molar refractivity (Wildman–Crippen MR) is 261 cm³/mol. The molecule has 4 heterocycles. The van der Waals surface area contributed by atoms with E-state index < -0.39 is 0 Å². The van der Waals surface area contributed by atoms with Crippen LogP contribution in [0.1, 0.15) is 0 Å². The highest BCUT2D eigenvalue weighted by Crippen LogP contribution is 2.45. The number of nitrogens with zero attached hydrogens (tertiary/aromatic N) is 4. The number of rotatable bonds is 4. The van der Waals surface area contributed by atoms with Crippen molar-refractivity contribution in [3.63, 3.8) is 0 Å². The maximum absolute atomic E-state index is 6.53. The monoisotopic (exact) mass is 802 g/mol. The Hall–Kier alpha value is -8.54. The van der Waals surface area contributed by atoms with Crippen LogP contribution in [0.5, 0.6) is 0 Å². The summed E-state index contributed by atoms with van der Waals surface area (Å²) < 4.78 is 11.5. The van der Waals surface area contributed by atoms with Gasteiger partial charge in [0, 0.05) is 59.6 Å². The zero-order chi connectivity index (χ0) is 41.2. The second kappa shape index (κ2) is 13.0. The third kappa shape index (κ3) is 4.87. The Bertz CT molecular complexity index is 4170. The van der Waals surface area contributed by atoms with E-state index in [2.05, 4.69) is 197 Å². The Kier molecular flexibility index (Phi) is 7.05. The average Bonchev–Trinajstić information content (AvgIpc) is 4.00. The molecule has 5 heteroatoms. The van der Waals surface area contributed by atoms with Crippen LogP contribution >= 0.6 is 0 Å². The molecule has 14 aromatic rings. The molecule has 0 saturated heterocycles. The first-order valence-corrected chi connectivity index (χ1v) is 21.4. The van der Waals surface area contributed by atoms with Gasteiger partial charge in [0.25, 0.3) is 0 Å². The van der Waals surface area contributed by atoms with E-state index in [4.69, 9.17) is 14.4 Å². The van der Waals surface area contributed by atoms with E-state index in [1.165, 1.54) is 49.0 Å². The highest BCUT2D eigenvalue weighted by atomic mass is 16.3. The van der Waals surface area contributed by atoms with Gasteiger partial charge in [0.2, 0.25) is 0 Å². The molecule has 0 radical (unpaired) electrons. The smallest absolute Gasteiger partial charge is 0.160 e. The number of fused-ring (bicyclic) bond motifs is 12. The lowest BCUT2D eigenvalue weighted by atomic mass is 10.0. The van der Waals surface area contributed by atoms with Crippen LogP contribution in [-0.4, -0.2) is 19.1 Å². The van der Waals surface area contributed by atoms with Crippen LogP contribution < -0.4 is 0 Å². The van der Waals surface area contributed by atoms with Gasteiger partial charge in [0.05, 0.1) is 44.7 Å².